The third-order valence-electron chi connectivity index (χ3n) is 8.20. The maximum Gasteiger partial charge on any atom is 0.255 e. The first kappa shape index (κ1) is 25.0. The maximum atomic E-state index is 14.3. The molecule has 7 nitrogen and oxygen atoms in total. The molecule has 6 rings (SSSR count). The molecule has 0 spiro atoms. The van der Waals surface area contributed by atoms with Gasteiger partial charge in [0.2, 0.25) is 5.91 Å². The van der Waals surface area contributed by atoms with Crippen molar-refractivity contribution in [3.63, 3.8) is 0 Å². The predicted molar refractivity (Wildman–Crippen MR) is 150 cm³/mol. The normalized spacial score (nSPS) is 20.7. The highest BCUT2D eigenvalue weighted by Crippen LogP contribution is 2.50. The zero-order chi connectivity index (χ0) is 27.3. The van der Waals surface area contributed by atoms with Crippen LogP contribution in [0.15, 0.2) is 66.7 Å². The quantitative estimate of drug-likeness (QED) is 0.381. The number of aromatic amines is 1. The van der Waals surface area contributed by atoms with Crippen LogP contribution in [-0.2, 0) is 21.7 Å². The van der Waals surface area contributed by atoms with Gasteiger partial charge in [0, 0.05) is 35.5 Å². The molecule has 4 aromatic rings. The fourth-order valence-corrected chi connectivity index (χ4v) is 6.27. The molecule has 0 radical (unpaired) electrons. The number of nitrogens with one attached hydrogen (secondary N) is 1. The molecule has 2 atom stereocenters. The van der Waals surface area contributed by atoms with Gasteiger partial charge >= 0.3 is 0 Å². The molecule has 200 valence electrons. The van der Waals surface area contributed by atoms with Crippen LogP contribution in [0.1, 0.15) is 47.7 Å². The third kappa shape index (κ3) is 3.87. The molecule has 1 fully saturated rings. The van der Waals surface area contributed by atoms with Crippen molar-refractivity contribution in [1.29, 1.82) is 0 Å². The van der Waals surface area contributed by atoms with Gasteiger partial charge in [-0.1, -0.05) is 60.2 Å². The van der Waals surface area contributed by atoms with Gasteiger partial charge < -0.3 is 24.3 Å². The lowest BCUT2D eigenvalue weighted by Gasteiger charge is -2.51. The summed E-state index contributed by atoms with van der Waals surface area (Å²) in [5.41, 5.74) is 4.66. The van der Waals surface area contributed by atoms with Crippen LogP contribution in [-0.4, -0.2) is 53.4 Å². The van der Waals surface area contributed by atoms with Crippen molar-refractivity contribution in [1.82, 2.24) is 14.8 Å². The maximum absolute atomic E-state index is 14.3. The number of carbonyl (C=O) groups excluding carboxylic acids is 2. The molecule has 2 aliphatic rings. The summed E-state index contributed by atoms with van der Waals surface area (Å²) < 4.78 is 11.8. The van der Waals surface area contributed by atoms with Gasteiger partial charge in [-0.25, -0.2) is 0 Å². The third-order valence-corrected chi connectivity index (χ3v) is 8.20. The van der Waals surface area contributed by atoms with Crippen LogP contribution in [0.3, 0.4) is 0 Å². The summed E-state index contributed by atoms with van der Waals surface area (Å²) in [5.74, 6) is 0.962. The molecule has 0 saturated carbocycles. The molecular formula is C32H33N3O4. The zero-order valence-corrected chi connectivity index (χ0v) is 22.8. The van der Waals surface area contributed by atoms with Crippen molar-refractivity contribution in [2.45, 2.75) is 38.8 Å². The summed E-state index contributed by atoms with van der Waals surface area (Å²) in [6, 6.07) is 22.1. The summed E-state index contributed by atoms with van der Waals surface area (Å²) in [7, 11) is 1.63. The lowest BCUT2D eigenvalue weighted by Crippen LogP contribution is -2.67. The summed E-state index contributed by atoms with van der Waals surface area (Å²) in [4.78, 5) is 35.2. The Labute approximate surface area is 228 Å². The van der Waals surface area contributed by atoms with Gasteiger partial charge in [0.1, 0.15) is 6.54 Å². The van der Waals surface area contributed by atoms with Crippen LogP contribution >= 0.6 is 0 Å². The Kier molecular flexibility index (Phi) is 6.09. The molecular weight excluding hydrogens is 490 g/mol. The number of para-hydroxylation sites is 2. The van der Waals surface area contributed by atoms with Gasteiger partial charge in [-0.05, 0) is 44.0 Å². The van der Waals surface area contributed by atoms with E-state index in [1.165, 1.54) is 0 Å². The Bertz CT molecular complexity index is 1570. The molecule has 3 heterocycles. The average molecular weight is 524 g/mol. The Morgan fingerprint density at radius 2 is 1.79 bits per heavy atom. The highest BCUT2D eigenvalue weighted by molar-refractivity contribution is 6.01. The van der Waals surface area contributed by atoms with E-state index in [0.717, 1.165) is 38.9 Å². The molecule has 3 aromatic carbocycles. The van der Waals surface area contributed by atoms with Crippen LogP contribution in [0, 0.1) is 6.92 Å². The predicted octanol–water partition coefficient (Wildman–Crippen LogP) is 5.12. The lowest BCUT2D eigenvalue weighted by molar-refractivity contribution is -0.166. The minimum absolute atomic E-state index is 0.0427. The molecule has 1 aromatic heterocycles. The molecule has 0 aliphatic carbocycles. The van der Waals surface area contributed by atoms with Crippen molar-refractivity contribution in [2.75, 3.05) is 26.8 Å². The lowest BCUT2D eigenvalue weighted by atomic mass is 9.76. The standard InChI is InChI=1S/C32H33N3O4/c1-5-39-29-22(10-8-12-26(29)38-4)24-18-35-27(36)19-34(17-21-15-13-20(2)14-16-21)31(37)32(35,3)30-28(24)23-9-6-7-11-25(23)33-30/h6-16,24,33H,5,17-19H2,1-4H3. The van der Waals surface area contributed by atoms with E-state index in [1.54, 1.807) is 16.9 Å². The Hall–Kier alpha value is -4.26. The number of H-pyrrole nitrogens is 1. The number of benzene rings is 3. The van der Waals surface area contributed by atoms with E-state index in [0.29, 0.717) is 31.2 Å². The summed E-state index contributed by atoms with van der Waals surface area (Å²) in [5, 5.41) is 1.04. The van der Waals surface area contributed by atoms with E-state index >= 15 is 0 Å². The Morgan fingerprint density at radius 3 is 2.54 bits per heavy atom. The van der Waals surface area contributed by atoms with Crippen molar-refractivity contribution in [3.8, 4) is 11.5 Å². The van der Waals surface area contributed by atoms with Gasteiger partial charge in [0.25, 0.3) is 5.91 Å². The number of ether oxygens (including phenoxy) is 2. The monoisotopic (exact) mass is 523 g/mol. The van der Waals surface area contributed by atoms with Crippen molar-refractivity contribution in [2.24, 2.45) is 0 Å². The largest absolute Gasteiger partial charge is 0.493 e. The Morgan fingerprint density at radius 1 is 1.03 bits per heavy atom. The van der Waals surface area contributed by atoms with Crippen molar-refractivity contribution >= 4 is 22.7 Å². The first-order valence-electron chi connectivity index (χ1n) is 13.4. The second-order valence-electron chi connectivity index (χ2n) is 10.5. The zero-order valence-electron chi connectivity index (χ0n) is 22.8. The van der Waals surface area contributed by atoms with E-state index < -0.39 is 5.54 Å². The van der Waals surface area contributed by atoms with Gasteiger partial charge in [-0.3, -0.25) is 9.59 Å². The number of methoxy groups -OCH3 is 1. The highest BCUT2D eigenvalue weighted by atomic mass is 16.5. The van der Waals surface area contributed by atoms with E-state index in [-0.39, 0.29) is 24.3 Å². The van der Waals surface area contributed by atoms with Gasteiger partial charge in [0.05, 0.1) is 19.4 Å². The number of amides is 2. The van der Waals surface area contributed by atoms with Crippen LogP contribution < -0.4 is 9.47 Å². The number of fused-ring (bicyclic) bond motifs is 5. The van der Waals surface area contributed by atoms with E-state index in [9.17, 15) is 9.59 Å². The number of rotatable bonds is 6. The highest BCUT2D eigenvalue weighted by Gasteiger charge is 2.56. The SMILES string of the molecule is CCOc1c(OC)cccc1C1CN2C(=O)CN(Cc3ccc(C)cc3)C(=O)C2(C)c2[nH]c3ccccc3c21. The Balaban J connectivity index is 1.52. The number of aromatic nitrogens is 1. The van der Waals surface area contributed by atoms with Crippen LogP contribution in [0.4, 0.5) is 0 Å². The molecule has 2 aliphatic heterocycles. The van der Waals surface area contributed by atoms with Crippen LogP contribution in [0.25, 0.3) is 10.9 Å². The smallest absolute Gasteiger partial charge is 0.255 e. The van der Waals surface area contributed by atoms with Gasteiger partial charge in [-0.2, -0.15) is 0 Å². The topological polar surface area (TPSA) is 74.9 Å². The molecule has 39 heavy (non-hydrogen) atoms. The van der Waals surface area contributed by atoms with E-state index in [2.05, 4.69) is 11.1 Å². The second kappa shape index (κ2) is 9.49. The number of nitrogens with zero attached hydrogens (tertiary/aromatic N) is 2. The number of hydrogen-bond acceptors (Lipinski definition) is 4. The summed E-state index contributed by atoms with van der Waals surface area (Å²) in [6.45, 7) is 7.13. The fourth-order valence-electron chi connectivity index (χ4n) is 6.27. The molecule has 1 saturated heterocycles. The average Bonchev–Trinajstić information content (AvgIpc) is 3.34. The minimum atomic E-state index is -1.16. The molecule has 7 heteroatoms. The number of carbonyl (C=O) groups is 2. The van der Waals surface area contributed by atoms with Crippen molar-refractivity contribution < 1.29 is 19.1 Å². The second-order valence-corrected chi connectivity index (χ2v) is 10.5. The summed E-state index contributed by atoms with van der Waals surface area (Å²) in [6.07, 6.45) is 0. The number of hydrogen-bond donors (Lipinski definition) is 1. The number of piperazine rings is 1. The first-order chi connectivity index (χ1) is 18.9. The molecule has 0 bridgehead atoms. The fraction of sp³-hybridized carbons (Fsp3) is 0.312. The van der Waals surface area contributed by atoms with Crippen molar-refractivity contribution in [3.05, 3.63) is 94.7 Å². The van der Waals surface area contributed by atoms with Gasteiger partial charge in [-0.15, -0.1) is 0 Å². The van der Waals surface area contributed by atoms with Gasteiger partial charge in [0.15, 0.2) is 17.0 Å². The first-order valence-corrected chi connectivity index (χ1v) is 13.4. The van der Waals surface area contributed by atoms with Crippen LogP contribution in [0.5, 0.6) is 11.5 Å². The molecule has 1 N–H and O–H groups in total. The number of aryl methyl sites for hydroxylation is 1. The minimum Gasteiger partial charge on any atom is -0.493 e. The van der Waals surface area contributed by atoms with Crippen LogP contribution in [0.2, 0.25) is 0 Å². The molecule has 2 amide bonds. The van der Waals surface area contributed by atoms with E-state index in [4.69, 9.17) is 9.47 Å². The summed E-state index contributed by atoms with van der Waals surface area (Å²) >= 11 is 0. The van der Waals surface area contributed by atoms with E-state index in [1.807, 2.05) is 81.4 Å². The molecule has 2 unspecified atom stereocenters.